The summed E-state index contributed by atoms with van der Waals surface area (Å²) in [7, 11) is 0. The fraction of sp³-hybridized carbons (Fsp3) is 0.333. The van der Waals surface area contributed by atoms with E-state index in [9.17, 15) is 49.1 Å². The summed E-state index contributed by atoms with van der Waals surface area (Å²) in [4.78, 5) is 22.7. The summed E-state index contributed by atoms with van der Waals surface area (Å²) in [5.74, 6) is -12.2. The van der Waals surface area contributed by atoms with Crippen LogP contribution >= 0.6 is 0 Å². The number of halogens is 9. The first-order valence-corrected chi connectivity index (χ1v) is 15.4. The highest BCUT2D eigenvalue weighted by molar-refractivity contribution is 5.87. The first-order chi connectivity index (χ1) is 23.8. The van der Waals surface area contributed by atoms with Gasteiger partial charge in [-0.3, -0.25) is 0 Å². The van der Waals surface area contributed by atoms with Crippen LogP contribution in [-0.2, 0) is 44.1 Å². The molecule has 6 nitrogen and oxygen atoms in total. The first-order valence-electron chi connectivity index (χ1n) is 15.4. The molecule has 0 heterocycles. The van der Waals surface area contributed by atoms with Crippen LogP contribution in [0, 0.1) is 29.1 Å². The van der Waals surface area contributed by atoms with Crippen molar-refractivity contribution in [3.63, 3.8) is 0 Å². The molecular weight excluding hydrogens is 699 g/mol. The van der Waals surface area contributed by atoms with E-state index in [0.717, 1.165) is 0 Å². The number of carbonyl (C=O) groups is 2. The van der Waals surface area contributed by atoms with Gasteiger partial charge in [-0.2, -0.15) is 17.6 Å². The van der Waals surface area contributed by atoms with Gasteiger partial charge in [0.15, 0.2) is 11.6 Å². The van der Waals surface area contributed by atoms with Gasteiger partial charge in [-0.1, -0.05) is 13.2 Å². The van der Waals surface area contributed by atoms with Crippen molar-refractivity contribution in [3.8, 4) is 11.5 Å². The Hall–Kier alpha value is -4.95. The van der Waals surface area contributed by atoms with Gasteiger partial charge in [-0.25, -0.2) is 31.5 Å². The van der Waals surface area contributed by atoms with Crippen LogP contribution in [0.2, 0.25) is 0 Å². The number of hydrogen-bond donors (Lipinski definition) is 0. The van der Waals surface area contributed by atoms with Crippen LogP contribution in [0.25, 0.3) is 0 Å². The molecule has 0 aliphatic carbocycles. The van der Waals surface area contributed by atoms with Crippen molar-refractivity contribution in [2.45, 2.75) is 64.6 Å². The topological polar surface area (TPSA) is 71.1 Å². The van der Waals surface area contributed by atoms with Crippen molar-refractivity contribution in [3.05, 3.63) is 118 Å². The number of rotatable bonds is 18. The highest BCUT2D eigenvalue weighted by Crippen LogP contribution is 2.40. The molecule has 0 saturated carbocycles. The molecule has 0 unspecified atom stereocenters. The van der Waals surface area contributed by atoms with E-state index in [1.54, 1.807) is 0 Å². The van der Waals surface area contributed by atoms with Gasteiger partial charge in [-0.15, -0.1) is 0 Å². The molecule has 3 aromatic rings. The average molecular weight is 733 g/mol. The second kappa shape index (κ2) is 17.3. The molecule has 0 aromatic heterocycles. The maximum Gasteiger partial charge on any atom is 0.432 e. The predicted octanol–water partition coefficient (Wildman–Crippen LogP) is 9.52. The van der Waals surface area contributed by atoms with Crippen LogP contribution in [0.15, 0.2) is 66.8 Å². The largest absolute Gasteiger partial charge is 0.462 e. The summed E-state index contributed by atoms with van der Waals surface area (Å²) in [6, 6.07) is 3.59. The average Bonchev–Trinajstić information content (AvgIpc) is 3.00. The van der Waals surface area contributed by atoms with Gasteiger partial charge in [0.2, 0.25) is 0 Å². The number of hydrogen-bond acceptors (Lipinski definition) is 6. The zero-order valence-corrected chi connectivity index (χ0v) is 27.5. The molecule has 0 radical (unpaired) electrons. The van der Waals surface area contributed by atoms with Gasteiger partial charge in [0.1, 0.15) is 40.1 Å². The summed E-state index contributed by atoms with van der Waals surface area (Å²) in [5.41, 5.74) is -3.30. The van der Waals surface area contributed by atoms with E-state index in [4.69, 9.17) is 9.47 Å². The number of benzene rings is 3. The molecule has 3 aromatic carbocycles. The number of unbranched alkanes of at least 4 members (excludes halogenated alkanes) is 2. The van der Waals surface area contributed by atoms with E-state index in [1.165, 1.54) is 13.8 Å². The lowest BCUT2D eigenvalue weighted by Gasteiger charge is -2.22. The molecule has 15 heteroatoms. The van der Waals surface area contributed by atoms with E-state index in [2.05, 4.69) is 22.6 Å². The van der Waals surface area contributed by atoms with Gasteiger partial charge in [0, 0.05) is 17.2 Å². The number of ether oxygens (including phenoxy) is 4. The Morgan fingerprint density at radius 2 is 0.980 bits per heavy atom. The minimum Gasteiger partial charge on any atom is -0.462 e. The minimum atomic E-state index is -4.79. The van der Waals surface area contributed by atoms with Crippen molar-refractivity contribution in [2.24, 2.45) is 0 Å². The summed E-state index contributed by atoms with van der Waals surface area (Å²) in [6.45, 7) is 9.72. The lowest BCUT2D eigenvalue weighted by Crippen LogP contribution is -2.26. The maximum atomic E-state index is 14.9. The molecule has 276 valence electrons. The lowest BCUT2D eigenvalue weighted by molar-refractivity contribution is -0.193. The number of esters is 2. The third-order valence-electron chi connectivity index (χ3n) is 7.06. The van der Waals surface area contributed by atoms with Crippen LogP contribution in [0.4, 0.5) is 39.5 Å². The summed E-state index contributed by atoms with van der Waals surface area (Å²) in [5, 5.41) is 0. The van der Waals surface area contributed by atoms with E-state index >= 15 is 0 Å². The molecule has 3 rings (SSSR count). The Bertz CT molecular complexity index is 1730. The molecule has 0 bridgehead atoms. The fourth-order valence-corrected chi connectivity index (χ4v) is 4.55. The Morgan fingerprint density at radius 3 is 1.35 bits per heavy atom. The quantitative estimate of drug-likeness (QED) is 0.0562. The van der Waals surface area contributed by atoms with Gasteiger partial charge in [0.25, 0.3) is 0 Å². The van der Waals surface area contributed by atoms with Gasteiger partial charge in [-0.05, 0) is 99.9 Å². The predicted molar refractivity (Wildman–Crippen MR) is 166 cm³/mol. The molecule has 0 saturated heterocycles. The Balaban J connectivity index is 1.65. The molecule has 51 heavy (non-hydrogen) atoms. The normalized spacial score (nSPS) is 11.6. The second-order valence-electron chi connectivity index (χ2n) is 11.4. The zero-order valence-electron chi connectivity index (χ0n) is 27.5. The van der Waals surface area contributed by atoms with Crippen LogP contribution < -0.4 is 9.47 Å². The van der Waals surface area contributed by atoms with Crippen molar-refractivity contribution in [1.82, 2.24) is 0 Å². The number of carbonyl (C=O) groups excluding carboxylic acids is 2. The maximum absolute atomic E-state index is 14.9. The van der Waals surface area contributed by atoms with Crippen LogP contribution in [0.1, 0.15) is 61.8 Å². The number of alkyl halides is 4. The Kier molecular flexibility index (Phi) is 13.7. The highest BCUT2D eigenvalue weighted by atomic mass is 19.3. The fourth-order valence-electron chi connectivity index (χ4n) is 4.55. The zero-order chi connectivity index (χ0) is 38.1. The van der Waals surface area contributed by atoms with Crippen molar-refractivity contribution < 1.29 is 68.1 Å². The molecule has 0 atom stereocenters. The van der Waals surface area contributed by atoms with E-state index in [0.29, 0.717) is 49.2 Å². The summed E-state index contributed by atoms with van der Waals surface area (Å²) >= 11 is 0. The summed E-state index contributed by atoms with van der Waals surface area (Å²) < 4.78 is 151. The second-order valence-corrected chi connectivity index (χ2v) is 11.4. The van der Waals surface area contributed by atoms with Crippen molar-refractivity contribution in [1.29, 1.82) is 0 Å². The highest BCUT2D eigenvalue weighted by Gasteiger charge is 2.43. The van der Waals surface area contributed by atoms with Crippen LogP contribution in [-0.4, -0.2) is 25.2 Å². The lowest BCUT2D eigenvalue weighted by atomic mass is 10.0. The van der Waals surface area contributed by atoms with Gasteiger partial charge >= 0.3 is 24.2 Å². The van der Waals surface area contributed by atoms with Crippen LogP contribution in [0.5, 0.6) is 11.5 Å². The third-order valence-corrected chi connectivity index (χ3v) is 7.06. The van der Waals surface area contributed by atoms with E-state index in [1.807, 2.05) is 0 Å². The minimum absolute atomic E-state index is 0.000324. The molecule has 0 amide bonds. The Labute approximate surface area is 287 Å². The molecule has 0 spiro atoms. The standard InChI is InChI=1S/C36H33F9O6/c1-20(2)33(46)48-13-7-5-9-22-15-26(38)31(27(39)16-22)35(42,43)50-24-11-12-30(25(37)19-24)51-36(44,45)32-28(40)17-23(18-29(32)41)10-6-8-14-49-34(47)21(3)4/h11-12,15-19H,1,3,5-10,13-14H2,2,4H3. The molecule has 0 fully saturated rings. The van der Waals surface area contributed by atoms with Gasteiger partial charge in [0.05, 0.1) is 13.2 Å². The summed E-state index contributed by atoms with van der Waals surface area (Å²) in [6.07, 6.45) is -8.29. The van der Waals surface area contributed by atoms with Crippen LogP contribution in [0.3, 0.4) is 0 Å². The smallest absolute Gasteiger partial charge is 0.432 e. The van der Waals surface area contributed by atoms with Gasteiger partial charge < -0.3 is 18.9 Å². The SMILES string of the molecule is C=C(C)C(=O)OCCCCc1cc(F)c(C(F)(F)Oc2ccc(OC(F)(F)c3c(F)cc(CCCCOC(=O)C(=C)C)cc3F)c(F)c2)c(F)c1. The van der Waals surface area contributed by atoms with Crippen molar-refractivity contribution in [2.75, 3.05) is 13.2 Å². The molecule has 0 aliphatic heterocycles. The molecule has 0 aliphatic rings. The first kappa shape index (κ1) is 40.5. The van der Waals surface area contributed by atoms with Crippen molar-refractivity contribution >= 4 is 11.9 Å². The van der Waals surface area contributed by atoms with E-state index < -0.39 is 75.9 Å². The van der Waals surface area contributed by atoms with E-state index in [-0.39, 0.29) is 67.2 Å². The monoisotopic (exact) mass is 732 g/mol. The number of aryl methyl sites for hydroxylation is 2. The third kappa shape index (κ3) is 11.3. The Morgan fingerprint density at radius 1 is 0.588 bits per heavy atom. The molecule has 0 N–H and O–H groups in total. The molecular formula is C36H33F9O6.